The number of piperidine rings is 1. The van der Waals surface area contributed by atoms with Gasteiger partial charge < -0.3 is 0 Å². The van der Waals surface area contributed by atoms with E-state index in [2.05, 4.69) is 11.8 Å². The molecule has 1 aliphatic rings. The van der Waals surface area contributed by atoms with Crippen LogP contribution in [0.1, 0.15) is 37.3 Å². The fraction of sp³-hybridized carbons (Fsp3) is 0.571. The first-order chi connectivity index (χ1) is 8.47. The van der Waals surface area contributed by atoms with Gasteiger partial charge in [-0.3, -0.25) is 4.90 Å². The Kier molecular flexibility index (Phi) is 3.95. The molecule has 1 aliphatic heterocycles. The van der Waals surface area contributed by atoms with E-state index in [1.165, 1.54) is 18.6 Å². The molecule has 1 unspecified atom stereocenters. The summed E-state index contributed by atoms with van der Waals surface area (Å²) in [5.41, 5.74) is 0.197. The van der Waals surface area contributed by atoms with Gasteiger partial charge in [-0.05, 0) is 37.9 Å². The van der Waals surface area contributed by atoms with E-state index in [1.807, 2.05) is 0 Å². The van der Waals surface area contributed by atoms with Gasteiger partial charge >= 0.3 is 6.18 Å². The Hall–Kier alpha value is -1.03. The van der Waals surface area contributed by atoms with Crippen molar-refractivity contribution in [3.63, 3.8) is 0 Å². The van der Waals surface area contributed by atoms with E-state index in [-0.39, 0.29) is 0 Å². The number of alkyl halides is 3. The van der Waals surface area contributed by atoms with E-state index in [1.54, 1.807) is 6.07 Å². The largest absolute Gasteiger partial charge is 0.416 e. The lowest BCUT2D eigenvalue weighted by molar-refractivity contribution is -0.137. The van der Waals surface area contributed by atoms with Gasteiger partial charge in [0.15, 0.2) is 0 Å². The van der Waals surface area contributed by atoms with Gasteiger partial charge in [-0.1, -0.05) is 24.6 Å². The summed E-state index contributed by atoms with van der Waals surface area (Å²) in [5.74, 6) is 0. The molecule has 0 radical (unpaired) electrons. The number of likely N-dealkylation sites (tertiary alicyclic amines) is 1. The first-order valence-corrected chi connectivity index (χ1v) is 6.37. The molecule has 1 atom stereocenters. The Morgan fingerprint density at radius 1 is 1.28 bits per heavy atom. The van der Waals surface area contributed by atoms with Crippen molar-refractivity contribution in [2.24, 2.45) is 0 Å². The third-order valence-electron chi connectivity index (χ3n) is 3.58. The van der Waals surface area contributed by atoms with Gasteiger partial charge in [0.2, 0.25) is 0 Å². The summed E-state index contributed by atoms with van der Waals surface area (Å²) < 4.78 is 37.8. The van der Waals surface area contributed by atoms with E-state index in [9.17, 15) is 13.2 Å². The summed E-state index contributed by atoms with van der Waals surface area (Å²) in [6.07, 6.45) is -0.744. The molecule has 100 valence electrons. The van der Waals surface area contributed by atoms with Crippen LogP contribution >= 0.6 is 0 Å². The molecule has 1 aromatic carbocycles. The van der Waals surface area contributed by atoms with Gasteiger partial charge in [-0.2, -0.15) is 13.2 Å². The maximum Gasteiger partial charge on any atom is 0.416 e. The van der Waals surface area contributed by atoms with Crippen molar-refractivity contribution in [3.05, 3.63) is 35.4 Å². The maximum absolute atomic E-state index is 12.6. The highest BCUT2D eigenvalue weighted by Gasteiger charge is 2.30. The SMILES string of the molecule is CC1CCCCN1Cc1cccc(C(F)(F)F)c1. The lowest BCUT2D eigenvalue weighted by Gasteiger charge is -2.33. The van der Waals surface area contributed by atoms with Crippen molar-refractivity contribution in [2.75, 3.05) is 6.54 Å². The normalized spacial score (nSPS) is 22.1. The number of hydrogen-bond donors (Lipinski definition) is 0. The van der Waals surface area contributed by atoms with Gasteiger partial charge in [0.25, 0.3) is 0 Å². The maximum atomic E-state index is 12.6. The van der Waals surface area contributed by atoms with Gasteiger partial charge in [-0.25, -0.2) is 0 Å². The second-order valence-electron chi connectivity index (χ2n) is 5.01. The van der Waals surface area contributed by atoms with E-state index in [4.69, 9.17) is 0 Å². The number of rotatable bonds is 2. The minimum absolute atomic E-state index is 0.466. The van der Waals surface area contributed by atoms with Crippen LogP contribution in [0.2, 0.25) is 0 Å². The van der Waals surface area contributed by atoms with Crippen LogP contribution in [-0.2, 0) is 12.7 Å². The predicted octanol–water partition coefficient (Wildman–Crippen LogP) is 4.08. The van der Waals surface area contributed by atoms with Crippen molar-refractivity contribution < 1.29 is 13.2 Å². The molecule has 4 heteroatoms. The number of halogens is 3. The first kappa shape index (κ1) is 13.4. The highest BCUT2D eigenvalue weighted by Crippen LogP contribution is 2.30. The average Bonchev–Trinajstić information content (AvgIpc) is 2.31. The molecule has 1 fully saturated rings. The van der Waals surface area contributed by atoms with Crippen LogP contribution in [0, 0.1) is 0 Å². The van der Waals surface area contributed by atoms with Crippen molar-refractivity contribution in [1.82, 2.24) is 4.90 Å². The van der Waals surface area contributed by atoms with Crippen molar-refractivity contribution >= 4 is 0 Å². The van der Waals surface area contributed by atoms with E-state index in [0.717, 1.165) is 31.0 Å². The summed E-state index contributed by atoms with van der Waals surface area (Å²) in [5, 5.41) is 0. The van der Waals surface area contributed by atoms with Gasteiger partial charge in [0.1, 0.15) is 0 Å². The van der Waals surface area contributed by atoms with E-state index in [0.29, 0.717) is 12.6 Å². The fourth-order valence-corrected chi connectivity index (χ4v) is 2.47. The molecule has 1 heterocycles. The predicted molar refractivity (Wildman–Crippen MR) is 65.2 cm³/mol. The molecular weight excluding hydrogens is 239 g/mol. The molecule has 0 aliphatic carbocycles. The number of nitrogens with zero attached hydrogens (tertiary/aromatic N) is 1. The highest BCUT2D eigenvalue weighted by atomic mass is 19.4. The molecule has 1 aromatic rings. The minimum atomic E-state index is -4.25. The molecule has 1 nitrogen and oxygen atoms in total. The summed E-state index contributed by atoms with van der Waals surface area (Å²) in [6, 6.07) is 6.13. The quantitative estimate of drug-likeness (QED) is 0.771. The van der Waals surface area contributed by atoms with Crippen molar-refractivity contribution in [3.8, 4) is 0 Å². The summed E-state index contributed by atoms with van der Waals surface area (Å²) in [6.45, 7) is 3.75. The summed E-state index contributed by atoms with van der Waals surface area (Å²) in [4.78, 5) is 2.26. The lowest BCUT2D eigenvalue weighted by Crippen LogP contribution is -2.36. The highest BCUT2D eigenvalue weighted by molar-refractivity contribution is 5.25. The minimum Gasteiger partial charge on any atom is -0.296 e. The van der Waals surface area contributed by atoms with Gasteiger partial charge in [-0.15, -0.1) is 0 Å². The second-order valence-corrected chi connectivity index (χ2v) is 5.01. The topological polar surface area (TPSA) is 3.24 Å². The van der Waals surface area contributed by atoms with Crippen LogP contribution in [0.4, 0.5) is 13.2 Å². The summed E-state index contributed by atoms with van der Waals surface area (Å²) in [7, 11) is 0. The zero-order chi connectivity index (χ0) is 13.2. The third kappa shape index (κ3) is 3.25. The zero-order valence-corrected chi connectivity index (χ0v) is 10.5. The molecule has 18 heavy (non-hydrogen) atoms. The number of hydrogen-bond acceptors (Lipinski definition) is 1. The number of benzene rings is 1. The standard InChI is InChI=1S/C14H18F3N/c1-11-5-2-3-8-18(11)10-12-6-4-7-13(9-12)14(15,16)17/h4,6-7,9,11H,2-3,5,8,10H2,1H3. The van der Waals surface area contributed by atoms with Crippen LogP contribution in [0.5, 0.6) is 0 Å². The molecule has 0 N–H and O–H groups in total. The summed E-state index contributed by atoms with van der Waals surface area (Å²) >= 11 is 0. The molecule has 0 spiro atoms. The van der Waals surface area contributed by atoms with Crippen LogP contribution < -0.4 is 0 Å². The van der Waals surface area contributed by atoms with Crippen LogP contribution in [0.25, 0.3) is 0 Å². The monoisotopic (exact) mass is 257 g/mol. The van der Waals surface area contributed by atoms with E-state index >= 15 is 0 Å². The van der Waals surface area contributed by atoms with Gasteiger partial charge in [0.05, 0.1) is 5.56 Å². The lowest BCUT2D eigenvalue weighted by atomic mass is 10.0. The average molecular weight is 257 g/mol. The van der Waals surface area contributed by atoms with Gasteiger partial charge in [0, 0.05) is 12.6 Å². The molecule has 0 amide bonds. The molecular formula is C14H18F3N. The molecule has 1 saturated heterocycles. The van der Waals surface area contributed by atoms with Crippen LogP contribution in [0.15, 0.2) is 24.3 Å². The van der Waals surface area contributed by atoms with Crippen LogP contribution in [-0.4, -0.2) is 17.5 Å². The molecule has 2 rings (SSSR count). The van der Waals surface area contributed by atoms with Crippen molar-refractivity contribution in [1.29, 1.82) is 0 Å². The smallest absolute Gasteiger partial charge is 0.296 e. The molecule has 0 saturated carbocycles. The zero-order valence-electron chi connectivity index (χ0n) is 10.5. The second kappa shape index (κ2) is 5.31. The Bertz CT molecular complexity index is 400. The molecule has 0 bridgehead atoms. The Labute approximate surface area is 106 Å². The Morgan fingerprint density at radius 2 is 2.06 bits per heavy atom. The first-order valence-electron chi connectivity index (χ1n) is 6.37. The third-order valence-corrected chi connectivity index (χ3v) is 3.58. The van der Waals surface area contributed by atoms with E-state index < -0.39 is 11.7 Å². The van der Waals surface area contributed by atoms with Crippen molar-refractivity contribution in [2.45, 2.75) is 44.9 Å². The molecule has 0 aromatic heterocycles. The van der Waals surface area contributed by atoms with Crippen LogP contribution in [0.3, 0.4) is 0 Å². The fourth-order valence-electron chi connectivity index (χ4n) is 2.47. The Balaban J connectivity index is 2.09. The Morgan fingerprint density at radius 3 is 2.72 bits per heavy atom.